The SMILES string of the molecule is O=C1CCCCC1Cc1nc(C(F)(F)F)no1. The molecule has 94 valence electrons. The van der Waals surface area contributed by atoms with Crippen LogP contribution in [0.5, 0.6) is 0 Å². The summed E-state index contributed by atoms with van der Waals surface area (Å²) >= 11 is 0. The van der Waals surface area contributed by atoms with Crippen LogP contribution in [0.1, 0.15) is 37.4 Å². The Bertz CT molecular complexity index is 414. The quantitative estimate of drug-likeness (QED) is 0.806. The van der Waals surface area contributed by atoms with E-state index in [1.165, 1.54) is 0 Å². The first kappa shape index (κ1) is 12.1. The minimum atomic E-state index is -4.60. The molecule has 1 unspecified atom stereocenters. The van der Waals surface area contributed by atoms with E-state index in [4.69, 9.17) is 0 Å². The van der Waals surface area contributed by atoms with Crippen molar-refractivity contribution in [3.63, 3.8) is 0 Å². The number of halogens is 3. The summed E-state index contributed by atoms with van der Waals surface area (Å²) in [6.45, 7) is 0. The zero-order chi connectivity index (χ0) is 12.5. The second kappa shape index (κ2) is 4.46. The predicted molar refractivity (Wildman–Crippen MR) is 50.0 cm³/mol. The van der Waals surface area contributed by atoms with Crippen molar-refractivity contribution >= 4 is 5.78 Å². The van der Waals surface area contributed by atoms with Crippen LogP contribution in [-0.4, -0.2) is 15.9 Å². The molecule has 0 aromatic carbocycles. The molecular weight excluding hydrogens is 237 g/mol. The third-order valence-corrected chi connectivity index (χ3v) is 2.82. The number of hydrogen-bond donors (Lipinski definition) is 0. The Kier molecular flexibility index (Phi) is 3.17. The normalized spacial score (nSPS) is 21.8. The van der Waals surface area contributed by atoms with Crippen LogP contribution < -0.4 is 0 Å². The van der Waals surface area contributed by atoms with E-state index in [9.17, 15) is 18.0 Å². The van der Waals surface area contributed by atoms with Gasteiger partial charge in [0.25, 0.3) is 5.82 Å². The molecule has 1 atom stereocenters. The van der Waals surface area contributed by atoms with Crippen molar-refractivity contribution in [1.82, 2.24) is 10.1 Å². The Balaban J connectivity index is 2.03. The smallest absolute Gasteiger partial charge is 0.339 e. The highest BCUT2D eigenvalue weighted by molar-refractivity contribution is 5.81. The molecule has 17 heavy (non-hydrogen) atoms. The van der Waals surface area contributed by atoms with Gasteiger partial charge in [0, 0.05) is 18.8 Å². The van der Waals surface area contributed by atoms with Gasteiger partial charge in [-0.3, -0.25) is 4.79 Å². The molecule has 7 heteroatoms. The molecule has 1 aromatic rings. The largest absolute Gasteiger partial charge is 0.455 e. The number of hydrogen-bond acceptors (Lipinski definition) is 4. The van der Waals surface area contributed by atoms with Crippen molar-refractivity contribution in [2.45, 2.75) is 38.3 Å². The van der Waals surface area contributed by atoms with Gasteiger partial charge >= 0.3 is 6.18 Å². The number of aromatic nitrogens is 2. The summed E-state index contributed by atoms with van der Waals surface area (Å²) in [6, 6.07) is 0. The van der Waals surface area contributed by atoms with Gasteiger partial charge in [0.2, 0.25) is 5.89 Å². The fourth-order valence-electron chi connectivity index (χ4n) is 1.93. The van der Waals surface area contributed by atoms with E-state index in [0.29, 0.717) is 12.8 Å². The topological polar surface area (TPSA) is 56.0 Å². The molecule has 1 aromatic heterocycles. The van der Waals surface area contributed by atoms with Crippen LogP contribution >= 0.6 is 0 Å². The first-order valence-corrected chi connectivity index (χ1v) is 5.39. The highest BCUT2D eigenvalue weighted by Gasteiger charge is 2.37. The minimum Gasteiger partial charge on any atom is -0.339 e. The van der Waals surface area contributed by atoms with Crippen LogP contribution in [0, 0.1) is 5.92 Å². The summed E-state index contributed by atoms with van der Waals surface area (Å²) in [6.07, 6.45) is -1.54. The standard InChI is InChI=1S/C10H11F3N2O2/c11-10(12,13)9-14-8(17-15-9)5-6-3-1-2-4-7(6)16/h6H,1-5H2. The third-order valence-electron chi connectivity index (χ3n) is 2.82. The molecule has 4 nitrogen and oxygen atoms in total. The fraction of sp³-hybridized carbons (Fsp3) is 0.700. The van der Waals surface area contributed by atoms with E-state index in [-0.39, 0.29) is 24.0 Å². The van der Waals surface area contributed by atoms with Gasteiger partial charge in [-0.25, -0.2) is 0 Å². The number of carbonyl (C=O) groups excluding carboxylic acids is 1. The molecule has 0 bridgehead atoms. The molecule has 0 spiro atoms. The average molecular weight is 248 g/mol. The molecule has 0 aliphatic heterocycles. The first-order valence-electron chi connectivity index (χ1n) is 5.39. The van der Waals surface area contributed by atoms with Gasteiger partial charge in [-0.1, -0.05) is 11.6 Å². The van der Waals surface area contributed by atoms with Crippen molar-refractivity contribution in [3.05, 3.63) is 11.7 Å². The third kappa shape index (κ3) is 2.83. The van der Waals surface area contributed by atoms with Crippen LogP contribution in [0.2, 0.25) is 0 Å². The van der Waals surface area contributed by atoms with Gasteiger partial charge in [0.05, 0.1) is 0 Å². The van der Waals surface area contributed by atoms with E-state index < -0.39 is 12.0 Å². The summed E-state index contributed by atoms with van der Waals surface area (Å²) in [5.74, 6) is -1.60. The number of alkyl halides is 3. The predicted octanol–water partition coefficient (Wildman–Crippen LogP) is 2.39. The molecule has 1 heterocycles. The Morgan fingerprint density at radius 2 is 2.12 bits per heavy atom. The highest BCUT2D eigenvalue weighted by atomic mass is 19.4. The molecule has 0 N–H and O–H groups in total. The van der Waals surface area contributed by atoms with Gasteiger partial charge in [-0.05, 0) is 12.8 Å². The van der Waals surface area contributed by atoms with Gasteiger partial charge in [-0.15, -0.1) is 0 Å². The Hall–Kier alpha value is -1.40. The summed E-state index contributed by atoms with van der Waals surface area (Å²) < 4.78 is 41.1. The molecular formula is C10H11F3N2O2. The number of carbonyl (C=O) groups is 1. The second-order valence-electron chi connectivity index (χ2n) is 4.12. The number of ketones is 1. The lowest BCUT2D eigenvalue weighted by atomic mass is 9.86. The maximum absolute atomic E-state index is 12.2. The second-order valence-corrected chi connectivity index (χ2v) is 4.12. The van der Waals surface area contributed by atoms with E-state index in [0.717, 1.165) is 12.8 Å². The van der Waals surface area contributed by atoms with Crippen LogP contribution in [0.4, 0.5) is 13.2 Å². The van der Waals surface area contributed by atoms with E-state index in [2.05, 4.69) is 14.7 Å². The van der Waals surface area contributed by atoms with Crippen molar-refractivity contribution in [2.24, 2.45) is 5.92 Å². The van der Waals surface area contributed by atoms with Crippen LogP contribution in [0.3, 0.4) is 0 Å². The lowest BCUT2D eigenvalue weighted by Crippen LogP contribution is -2.21. The summed E-state index contributed by atoms with van der Waals surface area (Å²) in [5, 5.41) is 2.86. The minimum absolute atomic E-state index is 0.0722. The lowest BCUT2D eigenvalue weighted by Gasteiger charge is -2.18. The van der Waals surface area contributed by atoms with Crippen LogP contribution in [0.25, 0.3) is 0 Å². The van der Waals surface area contributed by atoms with Crippen molar-refractivity contribution in [2.75, 3.05) is 0 Å². The van der Waals surface area contributed by atoms with Crippen molar-refractivity contribution < 1.29 is 22.5 Å². The summed E-state index contributed by atoms with van der Waals surface area (Å²) in [7, 11) is 0. The Labute approximate surface area is 95.2 Å². The molecule has 0 radical (unpaired) electrons. The van der Waals surface area contributed by atoms with Gasteiger partial charge < -0.3 is 4.52 Å². The van der Waals surface area contributed by atoms with Gasteiger partial charge in [-0.2, -0.15) is 18.2 Å². The summed E-state index contributed by atoms with van der Waals surface area (Å²) in [5.41, 5.74) is 0. The lowest BCUT2D eigenvalue weighted by molar-refractivity contribution is -0.146. The fourth-order valence-corrected chi connectivity index (χ4v) is 1.93. The Morgan fingerprint density at radius 1 is 1.35 bits per heavy atom. The maximum atomic E-state index is 12.2. The molecule has 0 amide bonds. The summed E-state index contributed by atoms with van der Waals surface area (Å²) in [4.78, 5) is 14.7. The monoisotopic (exact) mass is 248 g/mol. The number of Topliss-reactive ketones (excluding diaryl/α,β-unsaturated/α-hetero) is 1. The molecule has 1 aliphatic rings. The zero-order valence-electron chi connectivity index (χ0n) is 8.96. The van der Waals surface area contributed by atoms with Crippen molar-refractivity contribution in [1.29, 1.82) is 0 Å². The van der Waals surface area contributed by atoms with Crippen LogP contribution in [0.15, 0.2) is 4.52 Å². The number of rotatable bonds is 2. The van der Waals surface area contributed by atoms with E-state index in [1.807, 2.05) is 0 Å². The number of nitrogens with zero attached hydrogens (tertiary/aromatic N) is 2. The van der Waals surface area contributed by atoms with Crippen molar-refractivity contribution in [3.8, 4) is 0 Å². The first-order chi connectivity index (χ1) is 7.97. The molecule has 2 rings (SSSR count). The molecule has 0 saturated heterocycles. The van der Waals surface area contributed by atoms with E-state index in [1.54, 1.807) is 0 Å². The molecule has 1 saturated carbocycles. The van der Waals surface area contributed by atoms with Crippen LogP contribution in [-0.2, 0) is 17.4 Å². The average Bonchev–Trinajstić information content (AvgIpc) is 2.69. The van der Waals surface area contributed by atoms with Gasteiger partial charge in [0.15, 0.2) is 0 Å². The molecule has 1 aliphatic carbocycles. The molecule has 1 fully saturated rings. The van der Waals surface area contributed by atoms with Gasteiger partial charge in [0.1, 0.15) is 5.78 Å². The highest BCUT2D eigenvalue weighted by Crippen LogP contribution is 2.28. The van der Waals surface area contributed by atoms with E-state index >= 15 is 0 Å². The Morgan fingerprint density at radius 3 is 2.71 bits per heavy atom. The maximum Gasteiger partial charge on any atom is 0.455 e. The zero-order valence-corrected chi connectivity index (χ0v) is 8.96.